The summed E-state index contributed by atoms with van der Waals surface area (Å²) in [5.74, 6) is 0.614. The molecule has 0 saturated carbocycles. The molecule has 194 valence electrons. The lowest BCUT2D eigenvalue weighted by Gasteiger charge is -2.18. The van der Waals surface area contributed by atoms with Crippen LogP contribution in [0.1, 0.15) is 19.0 Å². The van der Waals surface area contributed by atoms with Crippen molar-refractivity contribution in [3.05, 3.63) is 72.3 Å². The van der Waals surface area contributed by atoms with E-state index in [1.54, 1.807) is 18.3 Å². The number of likely N-dealkylation sites (N-methyl/N-ethyl adjacent to an activating group) is 1. The maximum Gasteiger partial charge on any atom is 0.230 e. The largest absolute Gasteiger partial charge is 0.493 e. The second-order valence-electron chi connectivity index (χ2n) is 8.54. The van der Waals surface area contributed by atoms with Crippen LogP contribution in [0.5, 0.6) is 5.75 Å². The lowest BCUT2D eigenvalue weighted by Crippen LogP contribution is -2.28. The van der Waals surface area contributed by atoms with Gasteiger partial charge in [-0.1, -0.05) is 13.0 Å². The molecule has 4 aromatic rings. The Morgan fingerprint density at radius 1 is 1.16 bits per heavy atom. The normalized spacial score (nSPS) is 11.1. The Labute approximate surface area is 214 Å². The molecule has 0 radical (unpaired) electrons. The average Bonchev–Trinajstić information content (AvgIpc) is 3.32. The molecular weight excluding hydrogens is 475 g/mol. The molecule has 2 aromatic carbocycles. The van der Waals surface area contributed by atoms with Crippen molar-refractivity contribution >= 4 is 34.0 Å². The topological polar surface area (TPSA) is 115 Å². The number of halogens is 1. The first-order chi connectivity index (χ1) is 18.0. The fourth-order valence-electron chi connectivity index (χ4n) is 3.97. The van der Waals surface area contributed by atoms with E-state index >= 15 is 0 Å². The lowest BCUT2D eigenvalue weighted by molar-refractivity contribution is -0.115. The van der Waals surface area contributed by atoms with Crippen LogP contribution in [0.2, 0.25) is 0 Å². The fourth-order valence-corrected chi connectivity index (χ4v) is 3.97. The fraction of sp³-hybridized carbons (Fsp3) is 0.296. The van der Waals surface area contributed by atoms with Crippen LogP contribution in [0, 0.1) is 5.82 Å². The summed E-state index contributed by atoms with van der Waals surface area (Å²) in [5.41, 5.74) is 2.62. The number of carbonyl (C=O) groups excluding carboxylic acids is 1. The zero-order chi connectivity index (χ0) is 26.0. The summed E-state index contributed by atoms with van der Waals surface area (Å²) in [6, 6.07) is 15.1. The van der Waals surface area contributed by atoms with Gasteiger partial charge in [0.05, 0.1) is 30.8 Å². The molecule has 37 heavy (non-hydrogen) atoms. The first-order valence-corrected chi connectivity index (χ1v) is 12.3. The van der Waals surface area contributed by atoms with Crippen molar-refractivity contribution in [2.45, 2.75) is 19.8 Å². The quantitative estimate of drug-likeness (QED) is 0.202. The number of nitrogens with zero attached hydrogens (tertiary/aromatic N) is 3. The van der Waals surface area contributed by atoms with Crippen molar-refractivity contribution in [1.29, 1.82) is 0 Å². The van der Waals surface area contributed by atoms with E-state index in [9.17, 15) is 9.18 Å². The number of benzene rings is 2. The number of aromatic amines is 1. The minimum absolute atomic E-state index is 0.0685. The van der Waals surface area contributed by atoms with Crippen LogP contribution < -0.4 is 15.4 Å². The number of hydrogen-bond acceptors (Lipinski definition) is 7. The Hall–Kier alpha value is -4.02. The number of nitrogens with one attached hydrogen (secondary N) is 3. The van der Waals surface area contributed by atoms with E-state index in [-0.39, 0.29) is 18.9 Å². The minimum Gasteiger partial charge on any atom is -0.493 e. The van der Waals surface area contributed by atoms with Crippen molar-refractivity contribution in [3.8, 4) is 5.75 Å². The molecule has 0 aliphatic heterocycles. The molecule has 0 bridgehead atoms. The second-order valence-corrected chi connectivity index (χ2v) is 8.54. The minimum atomic E-state index is -0.411. The van der Waals surface area contributed by atoms with E-state index in [0.717, 1.165) is 41.9 Å². The van der Waals surface area contributed by atoms with Crippen molar-refractivity contribution in [3.63, 3.8) is 0 Å². The second kappa shape index (κ2) is 12.8. The predicted molar refractivity (Wildman–Crippen MR) is 142 cm³/mol. The third-order valence-electron chi connectivity index (χ3n) is 5.82. The average molecular weight is 507 g/mol. The third kappa shape index (κ3) is 7.48. The van der Waals surface area contributed by atoms with Crippen molar-refractivity contribution in [1.82, 2.24) is 20.1 Å². The number of rotatable bonds is 13. The zero-order valence-electron chi connectivity index (χ0n) is 20.7. The molecule has 9 nitrogen and oxygen atoms in total. The number of H-pyrrole nitrogens is 1. The Balaban J connectivity index is 1.34. The molecule has 0 spiro atoms. The highest BCUT2D eigenvalue weighted by atomic mass is 19.1. The predicted octanol–water partition coefficient (Wildman–Crippen LogP) is 4.10. The summed E-state index contributed by atoms with van der Waals surface area (Å²) >= 11 is 0. The summed E-state index contributed by atoms with van der Waals surface area (Å²) in [6.45, 7) is 5.25. The molecule has 2 aromatic heterocycles. The summed E-state index contributed by atoms with van der Waals surface area (Å²) in [7, 11) is 0. The van der Waals surface area contributed by atoms with Crippen LogP contribution >= 0.6 is 0 Å². The van der Waals surface area contributed by atoms with E-state index in [1.807, 2.05) is 24.3 Å². The van der Waals surface area contributed by atoms with Crippen molar-refractivity contribution < 1.29 is 19.0 Å². The number of pyridine rings is 1. The van der Waals surface area contributed by atoms with Gasteiger partial charge in [-0.15, -0.1) is 0 Å². The number of anilines is 3. The number of aliphatic hydroxyl groups excluding tert-OH is 1. The first-order valence-electron chi connectivity index (χ1n) is 12.3. The van der Waals surface area contributed by atoms with Gasteiger partial charge >= 0.3 is 0 Å². The van der Waals surface area contributed by atoms with Crippen LogP contribution in [0.4, 0.5) is 21.6 Å². The van der Waals surface area contributed by atoms with Crippen LogP contribution in [-0.4, -0.2) is 63.9 Å². The highest BCUT2D eigenvalue weighted by Gasteiger charge is 2.10. The third-order valence-corrected chi connectivity index (χ3v) is 5.82. The molecule has 10 heteroatoms. The number of fused-ring (bicyclic) bond motifs is 1. The summed E-state index contributed by atoms with van der Waals surface area (Å²) in [6.07, 6.45) is 2.64. The molecule has 4 N–H and O–H groups in total. The number of ether oxygens (including phenoxy) is 1. The molecule has 0 fully saturated rings. The molecule has 0 atom stereocenters. The molecule has 0 saturated heterocycles. The Morgan fingerprint density at radius 3 is 2.86 bits per heavy atom. The first kappa shape index (κ1) is 26.1. The van der Waals surface area contributed by atoms with E-state index in [1.165, 1.54) is 18.2 Å². The molecule has 2 heterocycles. The molecule has 0 aliphatic rings. The van der Waals surface area contributed by atoms with Crippen LogP contribution in [0.3, 0.4) is 0 Å². The number of aromatic nitrogens is 3. The van der Waals surface area contributed by atoms with Gasteiger partial charge in [0.2, 0.25) is 5.91 Å². The maximum absolute atomic E-state index is 13.3. The Morgan fingerprint density at radius 2 is 2.05 bits per heavy atom. The van der Waals surface area contributed by atoms with E-state index < -0.39 is 5.82 Å². The van der Waals surface area contributed by atoms with Crippen LogP contribution in [0.25, 0.3) is 10.9 Å². The summed E-state index contributed by atoms with van der Waals surface area (Å²) in [5, 5.41) is 23.1. The number of hydrogen-bond donors (Lipinski definition) is 4. The summed E-state index contributed by atoms with van der Waals surface area (Å²) in [4.78, 5) is 19.0. The van der Waals surface area contributed by atoms with Gasteiger partial charge in [0.15, 0.2) is 5.82 Å². The molecule has 0 aliphatic carbocycles. The Kier molecular flexibility index (Phi) is 9.01. The van der Waals surface area contributed by atoms with Crippen LogP contribution in [-0.2, 0) is 11.2 Å². The number of amides is 1. The van der Waals surface area contributed by atoms with Gasteiger partial charge in [0, 0.05) is 48.2 Å². The van der Waals surface area contributed by atoms with Gasteiger partial charge in [-0.05, 0) is 49.4 Å². The number of aliphatic hydroxyl groups is 1. The smallest absolute Gasteiger partial charge is 0.230 e. The van der Waals surface area contributed by atoms with Gasteiger partial charge in [-0.3, -0.25) is 14.9 Å². The van der Waals surface area contributed by atoms with Gasteiger partial charge in [0.25, 0.3) is 0 Å². The van der Waals surface area contributed by atoms with Gasteiger partial charge in [-0.2, -0.15) is 5.10 Å². The molecule has 4 rings (SSSR count). The SMILES string of the molecule is CCN(CCO)CCCOc1ccc2c(Nc3cc(CC(=O)Nc4cccc(F)c4)[nH]n3)ccnc2c1. The summed E-state index contributed by atoms with van der Waals surface area (Å²) < 4.78 is 19.2. The van der Waals surface area contributed by atoms with Crippen molar-refractivity contribution in [2.24, 2.45) is 0 Å². The Bertz CT molecular complexity index is 1330. The van der Waals surface area contributed by atoms with E-state index in [4.69, 9.17) is 9.84 Å². The monoisotopic (exact) mass is 506 g/mol. The molecule has 0 unspecified atom stereocenters. The highest BCUT2D eigenvalue weighted by molar-refractivity contribution is 5.94. The zero-order valence-corrected chi connectivity index (χ0v) is 20.7. The standard InChI is InChI=1S/C27H31FN6O3/c1-2-34(12-13-35)11-4-14-37-22-7-8-23-24(9-10-29-25(23)18-22)31-26-16-21(32-33-26)17-27(36)30-20-6-3-5-19(28)15-20/h3,5-10,15-16,18,35H,2,4,11-14,17H2,1H3,(H,30,36)(H2,29,31,32,33). The lowest BCUT2D eigenvalue weighted by atomic mass is 10.1. The van der Waals surface area contributed by atoms with Gasteiger partial charge < -0.3 is 25.4 Å². The molecule has 1 amide bonds. The molecular formula is C27H31FN6O3. The van der Waals surface area contributed by atoms with Crippen LogP contribution in [0.15, 0.2) is 60.8 Å². The van der Waals surface area contributed by atoms with Gasteiger partial charge in [-0.25, -0.2) is 4.39 Å². The van der Waals surface area contributed by atoms with E-state index in [2.05, 4.69) is 37.6 Å². The highest BCUT2D eigenvalue weighted by Crippen LogP contribution is 2.27. The van der Waals surface area contributed by atoms with Gasteiger partial charge in [0.1, 0.15) is 11.6 Å². The number of carbonyl (C=O) groups is 1. The van der Waals surface area contributed by atoms with E-state index in [0.29, 0.717) is 30.4 Å². The van der Waals surface area contributed by atoms with Crippen molar-refractivity contribution in [2.75, 3.05) is 43.5 Å². The maximum atomic E-state index is 13.3.